The molecule has 0 amide bonds. The molecule has 0 aromatic carbocycles. The molecule has 140 valence electrons. The summed E-state index contributed by atoms with van der Waals surface area (Å²) in [5, 5.41) is 19.3. The van der Waals surface area contributed by atoms with Gasteiger partial charge >= 0.3 is 0 Å². The van der Waals surface area contributed by atoms with Crippen LogP contribution >= 0.6 is 0 Å². The fourth-order valence-electron chi connectivity index (χ4n) is 3.91. The molecular formula is C21H38O3. The summed E-state index contributed by atoms with van der Waals surface area (Å²) < 4.78 is 0. The van der Waals surface area contributed by atoms with Crippen LogP contribution in [0.25, 0.3) is 0 Å². The van der Waals surface area contributed by atoms with Crippen molar-refractivity contribution in [1.82, 2.24) is 0 Å². The molecule has 0 spiro atoms. The number of aliphatic hydroxyl groups excluding tert-OH is 2. The van der Waals surface area contributed by atoms with Gasteiger partial charge in [-0.05, 0) is 49.5 Å². The molecule has 3 heteroatoms. The van der Waals surface area contributed by atoms with Crippen LogP contribution in [-0.2, 0) is 4.79 Å². The highest BCUT2D eigenvalue weighted by molar-refractivity contribution is 5.89. The van der Waals surface area contributed by atoms with Crippen molar-refractivity contribution in [1.29, 1.82) is 0 Å². The molecule has 1 rings (SSSR count). The Morgan fingerprint density at radius 2 is 1.79 bits per heavy atom. The van der Waals surface area contributed by atoms with Crippen LogP contribution in [0.5, 0.6) is 0 Å². The summed E-state index contributed by atoms with van der Waals surface area (Å²) in [6.07, 6.45) is 15.0. The van der Waals surface area contributed by atoms with Gasteiger partial charge < -0.3 is 10.2 Å². The van der Waals surface area contributed by atoms with Crippen LogP contribution in [0.2, 0.25) is 0 Å². The van der Waals surface area contributed by atoms with E-state index in [9.17, 15) is 9.90 Å². The Labute approximate surface area is 148 Å². The predicted molar refractivity (Wildman–Crippen MR) is 99.8 cm³/mol. The highest BCUT2D eigenvalue weighted by Crippen LogP contribution is 2.40. The zero-order valence-electron chi connectivity index (χ0n) is 15.8. The molecule has 0 aromatic rings. The number of carbonyl (C=O) groups excluding carboxylic acids is 1. The monoisotopic (exact) mass is 338 g/mol. The lowest BCUT2D eigenvalue weighted by atomic mass is 9.88. The van der Waals surface area contributed by atoms with Gasteiger partial charge in [0, 0.05) is 13.0 Å². The Hall–Kier alpha value is -0.670. The highest BCUT2D eigenvalue weighted by atomic mass is 16.3. The van der Waals surface area contributed by atoms with E-state index in [0.717, 1.165) is 57.8 Å². The third kappa shape index (κ3) is 7.94. The van der Waals surface area contributed by atoms with E-state index >= 15 is 0 Å². The second-order valence-corrected chi connectivity index (χ2v) is 7.59. The summed E-state index contributed by atoms with van der Waals surface area (Å²) >= 11 is 0. The number of allylic oxidation sites excluding steroid dienone is 2. The molecule has 1 fully saturated rings. The molecular weight excluding hydrogens is 300 g/mol. The number of rotatable bonds is 13. The molecule has 3 nitrogen and oxygen atoms in total. The van der Waals surface area contributed by atoms with Crippen molar-refractivity contribution < 1.29 is 15.0 Å². The predicted octanol–water partition coefficient (Wildman–Crippen LogP) is 4.66. The van der Waals surface area contributed by atoms with Crippen LogP contribution in [0.1, 0.15) is 84.5 Å². The Kier molecular flexibility index (Phi) is 11.3. The molecule has 0 saturated heterocycles. The molecule has 1 aliphatic carbocycles. The molecule has 0 bridgehead atoms. The molecule has 0 aliphatic heterocycles. The minimum absolute atomic E-state index is 0.229. The SMILES string of the molecule is CCCCCC(=O)/C=C/C1CC(C)C(O)C1CCCCCCCO. The van der Waals surface area contributed by atoms with Crippen LogP contribution in [0.15, 0.2) is 12.2 Å². The largest absolute Gasteiger partial charge is 0.396 e. The number of carbonyl (C=O) groups is 1. The van der Waals surface area contributed by atoms with Gasteiger partial charge in [-0.15, -0.1) is 0 Å². The van der Waals surface area contributed by atoms with Crippen molar-refractivity contribution in [3.63, 3.8) is 0 Å². The summed E-state index contributed by atoms with van der Waals surface area (Å²) in [7, 11) is 0. The first kappa shape index (κ1) is 21.4. The van der Waals surface area contributed by atoms with Gasteiger partial charge in [-0.2, -0.15) is 0 Å². The van der Waals surface area contributed by atoms with Crippen LogP contribution in [0.3, 0.4) is 0 Å². The van der Waals surface area contributed by atoms with E-state index in [1.807, 2.05) is 0 Å². The lowest BCUT2D eigenvalue weighted by Gasteiger charge is -2.20. The van der Waals surface area contributed by atoms with Crippen molar-refractivity contribution in [2.75, 3.05) is 6.61 Å². The van der Waals surface area contributed by atoms with E-state index in [1.54, 1.807) is 6.08 Å². The van der Waals surface area contributed by atoms with Crippen molar-refractivity contribution in [2.24, 2.45) is 17.8 Å². The molecule has 4 unspecified atom stereocenters. The third-order valence-corrected chi connectivity index (χ3v) is 5.47. The number of ketones is 1. The fraction of sp³-hybridized carbons (Fsp3) is 0.857. The summed E-state index contributed by atoms with van der Waals surface area (Å²) in [5.41, 5.74) is 0. The van der Waals surface area contributed by atoms with Crippen molar-refractivity contribution in [3.05, 3.63) is 12.2 Å². The second kappa shape index (κ2) is 12.7. The van der Waals surface area contributed by atoms with Gasteiger partial charge in [0.25, 0.3) is 0 Å². The van der Waals surface area contributed by atoms with Crippen molar-refractivity contribution in [3.8, 4) is 0 Å². The van der Waals surface area contributed by atoms with Gasteiger partial charge in [-0.3, -0.25) is 4.79 Å². The van der Waals surface area contributed by atoms with Gasteiger partial charge in [0.15, 0.2) is 5.78 Å². The van der Waals surface area contributed by atoms with Crippen molar-refractivity contribution in [2.45, 2.75) is 90.6 Å². The molecule has 1 saturated carbocycles. The Bertz CT molecular complexity index is 364. The van der Waals surface area contributed by atoms with E-state index in [2.05, 4.69) is 19.9 Å². The molecule has 24 heavy (non-hydrogen) atoms. The van der Waals surface area contributed by atoms with Gasteiger partial charge in [-0.25, -0.2) is 0 Å². The molecule has 0 heterocycles. The average molecular weight is 339 g/mol. The normalized spacial score (nSPS) is 27.2. The first-order chi connectivity index (χ1) is 11.6. The maximum absolute atomic E-state index is 11.9. The number of hydrogen-bond donors (Lipinski definition) is 2. The third-order valence-electron chi connectivity index (χ3n) is 5.47. The van der Waals surface area contributed by atoms with E-state index in [1.165, 1.54) is 6.42 Å². The zero-order valence-corrected chi connectivity index (χ0v) is 15.8. The summed E-state index contributed by atoms with van der Waals surface area (Å²) in [4.78, 5) is 11.9. The van der Waals surface area contributed by atoms with Gasteiger partial charge in [-0.1, -0.05) is 58.4 Å². The Morgan fingerprint density at radius 3 is 2.50 bits per heavy atom. The molecule has 0 aromatic heterocycles. The Morgan fingerprint density at radius 1 is 1.08 bits per heavy atom. The van der Waals surface area contributed by atoms with Gasteiger partial charge in [0.2, 0.25) is 0 Å². The van der Waals surface area contributed by atoms with E-state index in [4.69, 9.17) is 5.11 Å². The van der Waals surface area contributed by atoms with Gasteiger partial charge in [0.05, 0.1) is 6.10 Å². The fourth-order valence-corrected chi connectivity index (χ4v) is 3.91. The lowest BCUT2D eigenvalue weighted by Crippen LogP contribution is -2.21. The summed E-state index contributed by atoms with van der Waals surface area (Å²) in [5.74, 6) is 1.22. The highest BCUT2D eigenvalue weighted by Gasteiger charge is 2.38. The number of hydrogen-bond acceptors (Lipinski definition) is 3. The standard InChI is InChI=1S/C21H38O3/c1-3-4-8-11-19(23)14-13-18-16-17(2)21(24)20(18)12-9-6-5-7-10-15-22/h13-14,17-18,20-22,24H,3-12,15-16H2,1-2H3/b14-13+. The number of aliphatic hydroxyl groups is 2. The quantitative estimate of drug-likeness (QED) is 0.379. The van der Waals surface area contributed by atoms with Crippen LogP contribution < -0.4 is 0 Å². The lowest BCUT2D eigenvalue weighted by molar-refractivity contribution is -0.114. The minimum atomic E-state index is -0.229. The zero-order chi connectivity index (χ0) is 17.8. The van der Waals surface area contributed by atoms with E-state index < -0.39 is 0 Å². The number of unbranched alkanes of at least 4 members (excludes halogenated alkanes) is 6. The van der Waals surface area contributed by atoms with Crippen LogP contribution in [0, 0.1) is 17.8 Å². The maximum atomic E-state index is 11.9. The van der Waals surface area contributed by atoms with E-state index in [0.29, 0.717) is 24.2 Å². The first-order valence-electron chi connectivity index (χ1n) is 10.1. The second-order valence-electron chi connectivity index (χ2n) is 7.59. The average Bonchev–Trinajstić information content (AvgIpc) is 2.84. The minimum Gasteiger partial charge on any atom is -0.396 e. The summed E-state index contributed by atoms with van der Waals surface area (Å²) in [6.45, 7) is 4.56. The molecule has 4 atom stereocenters. The van der Waals surface area contributed by atoms with Crippen LogP contribution in [0.4, 0.5) is 0 Å². The van der Waals surface area contributed by atoms with Gasteiger partial charge in [0.1, 0.15) is 0 Å². The Balaban J connectivity index is 2.38. The van der Waals surface area contributed by atoms with E-state index in [-0.39, 0.29) is 18.5 Å². The first-order valence-corrected chi connectivity index (χ1v) is 10.1. The molecule has 2 N–H and O–H groups in total. The topological polar surface area (TPSA) is 57.5 Å². The van der Waals surface area contributed by atoms with Crippen LogP contribution in [-0.4, -0.2) is 28.7 Å². The molecule has 1 aliphatic rings. The maximum Gasteiger partial charge on any atom is 0.155 e. The van der Waals surface area contributed by atoms with Crippen molar-refractivity contribution >= 4 is 5.78 Å². The molecule has 0 radical (unpaired) electrons. The summed E-state index contributed by atoms with van der Waals surface area (Å²) in [6, 6.07) is 0. The smallest absolute Gasteiger partial charge is 0.155 e.